The highest BCUT2D eigenvalue weighted by molar-refractivity contribution is 5.97. The van der Waals surface area contributed by atoms with Crippen molar-refractivity contribution in [1.82, 2.24) is 10.2 Å². The van der Waals surface area contributed by atoms with E-state index in [0.717, 1.165) is 59.3 Å². The first-order chi connectivity index (χ1) is 19.0. The number of hydrogen-bond donors (Lipinski definition) is 1. The predicted octanol–water partition coefficient (Wildman–Crippen LogP) is 5.84. The summed E-state index contributed by atoms with van der Waals surface area (Å²) in [5.74, 6) is 0.0794. The van der Waals surface area contributed by atoms with E-state index in [1.165, 1.54) is 19.2 Å². The first-order valence-corrected chi connectivity index (χ1v) is 13.4. The van der Waals surface area contributed by atoms with Crippen LogP contribution >= 0.6 is 0 Å². The number of amides is 1. The van der Waals surface area contributed by atoms with Crippen molar-refractivity contribution in [2.75, 3.05) is 7.11 Å². The molecule has 0 spiro atoms. The summed E-state index contributed by atoms with van der Waals surface area (Å²) in [5.41, 5.74) is 4.77. The predicted molar refractivity (Wildman–Crippen MR) is 146 cm³/mol. The van der Waals surface area contributed by atoms with Crippen LogP contribution in [0.2, 0.25) is 0 Å². The van der Waals surface area contributed by atoms with Crippen LogP contribution in [-0.4, -0.2) is 30.1 Å². The lowest BCUT2D eigenvalue weighted by Crippen LogP contribution is -2.46. The molecule has 39 heavy (non-hydrogen) atoms. The number of nitrogens with zero attached hydrogens (tertiary/aromatic N) is 1. The molecule has 202 valence electrons. The van der Waals surface area contributed by atoms with Crippen LogP contribution in [0.3, 0.4) is 0 Å². The maximum Gasteiger partial charge on any atom is 0.307 e. The number of rotatable bonds is 10. The van der Waals surface area contributed by atoms with E-state index in [1.54, 1.807) is 12.1 Å². The summed E-state index contributed by atoms with van der Waals surface area (Å²) in [6, 6.07) is 23.5. The Hall–Kier alpha value is -3.97. The van der Waals surface area contributed by atoms with Gasteiger partial charge in [0.2, 0.25) is 0 Å². The molecule has 0 radical (unpaired) electrons. The zero-order chi connectivity index (χ0) is 27.2. The number of halogens is 1. The summed E-state index contributed by atoms with van der Waals surface area (Å²) in [5, 5.41) is 3.62. The minimum Gasteiger partial charge on any atom is -0.489 e. The molecule has 1 heterocycles. The molecule has 0 saturated heterocycles. The topological polar surface area (TPSA) is 67.9 Å². The number of carbonyl (C=O) groups excluding carboxylic acids is 2. The number of hydrogen-bond acceptors (Lipinski definition) is 5. The highest BCUT2D eigenvalue weighted by atomic mass is 19.1. The van der Waals surface area contributed by atoms with E-state index in [-0.39, 0.29) is 36.3 Å². The quantitative estimate of drug-likeness (QED) is 0.335. The lowest BCUT2D eigenvalue weighted by Gasteiger charge is -2.32. The number of carbonyl (C=O) groups is 2. The molecule has 3 aromatic carbocycles. The van der Waals surface area contributed by atoms with Crippen molar-refractivity contribution in [3.8, 4) is 5.75 Å². The first-order valence-electron chi connectivity index (χ1n) is 13.4. The summed E-state index contributed by atoms with van der Waals surface area (Å²) in [4.78, 5) is 27.7. The molecular weight excluding hydrogens is 495 g/mol. The third-order valence-electron chi connectivity index (χ3n) is 7.43. The second-order valence-electron chi connectivity index (χ2n) is 10.0. The number of benzene rings is 3. The van der Waals surface area contributed by atoms with Crippen LogP contribution in [0.15, 0.2) is 90.0 Å². The van der Waals surface area contributed by atoms with Crippen LogP contribution in [0.4, 0.5) is 4.39 Å². The first kappa shape index (κ1) is 26.6. The highest BCUT2D eigenvalue weighted by Gasteiger charge is 2.40. The number of ether oxygens (including phenoxy) is 2. The molecule has 0 aromatic heterocycles. The summed E-state index contributed by atoms with van der Waals surface area (Å²) >= 11 is 0. The molecule has 6 nitrogen and oxygen atoms in total. The molecule has 5 rings (SSSR count). The second kappa shape index (κ2) is 12.3. The zero-order valence-electron chi connectivity index (χ0n) is 22.1. The summed E-state index contributed by atoms with van der Waals surface area (Å²) in [7, 11) is 1.38. The Balaban J connectivity index is 1.37. The van der Waals surface area contributed by atoms with E-state index in [1.807, 2.05) is 59.5 Å². The largest absolute Gasteiger partial charge is 0.489 e. The van der Waals surface area contributed by atoms with Crippen molar-refractivity contribution in [1.29, 1.82) is 0 Å². The Morgan fingerprint density at radius 3 is 2.41 bits per heavy atom. The van der Waals surface area contributed by atoms with Crippen molar-refractivity contribution in [2.24, 2.45) is 0 Å². The maximum absolute atomic E-state index is 13.5. The molecule has 2 aliphatic rings. The summed E-state index contributed by atoms with van der Waals surface area (Å²) < 4.78 is 24.5. The average Bonchev–Trinajstić information content (AvgIpc) is 3.23. The fraction of sp³-hybridized carbons (Fsp3) is 0.312. The molecule has 0 fully saturated rings. The lowest BCUT2D eigenvalue weighted by atomic mass is 9.92. The van der Waals surface area contributed by atoms with E-state index < -0.39 is 0 Å². The third kappa shape index (κ3) is 6.37. The Morgan fingerprint density at radius 1 is 0.974 bits per heavy atom. The fourth-order valence-corrected chi connectivity index (χ4v) is 5.34. The minimum absolute atomic E-state index is 0.00741. The molecule has 1 N–H and O–H groups in total. The Bertz CT molecular complexity index is 1320. The van der Waals surface area contributed by atoms with Crippen LogP contribution in [0.5, 0.6) is 5.75 Å². The van der Waals surface area contributed by atoms with E-state index in [2.05, 4.69) is 5.32 Å². The van der Waals surface area contributed by atoms with E-state index in [4.69, 9.17) is 9.47 Å². The molecule has 1 aliphatic heterocycles. The molecule has 1 amide bonds. The molecule has 2 atom stereocenters. The number of nitrogens with one attached hydrogen (secondary N) is 1. The van der Waals surface area contributed by atoms with Gasteiger partial charge < -0.3 is 14.4 Å². The van der Waals surface area contributed by atoms with Crippen LogP contribution in [0.25, 0.3) is 0 Å². The molecule has 2 unspecified atom stereocenters. The van der Waals surface area contributed by atoms with Gasteiger partial charge in [0.1, 0.15) is 24.3 Å². The average molecular weight is 529 g/mol. The minimum atomic E-state index is -0.386. The summed E-state index contributed by atoms with van der Waals surface area (Å²) in [6.45, 7) is 0.810. The second-order valence-corrected chi connectivity index (χ2v) is 10.0. The van der Waals surface area contributed by atoms with E-state index in [9.17, 15) is 14.0 Å². The van der Waals surface area contributed by atoms with Gasteiger partial charge in [0.05, 0.1) is 13.5 Å². The van der Waals surface area contributed by atoms with Crippen molar-refractivity contribution < 1.29 is 23.5 Å². The smallest absolute Gasteiger partial charge is 0.307 e. The van der Waals surface area contributed by atoms with Gasteiger partial charge in [0.25, 0.3) is 5.91 Å². The normalized spacial score (nSPS) is 17.6. The van der Waals surface area contributed by atoms with Gasteiger partial charge in [-0.2, -0.15) is 0 Å². The number of methoxy groups -OCH3 is 1. The van der Waals surface area contributed by atoms with Gasteiger partial charge in [0, 0.05) is 18.2 Å². The van der Waals surface area contributed by atoms with Gasteiger partial charge in [-0.25, -0.2) is 4.39 Å². The lowest BCUT2D eigenvalue weighted by molar-refractivity contribution is -0.141. The Kier molecular flexibility index (Phi) is 8.37. The van der Waals surface area contributed by atoms with Crippen LogP contribution in [0, 0.1) is 5.82 Å². The van der Waals surface area contributed by atoms with Gasteiger partial charge in [-0.3, -0.25) is 14.9 Å². The maximum atomic E-state index is 13.5. The van der Waals surface area contributed by atoms with Gasteiger partial charge in [-0.15, -0.1) is 0 Å². The molecule has 0 saturated carbocycles. The van der Waals surface area contributed by atoms with Crippen molar-refractivity contribution >= 4 is 11.9 Å². The molecular formula is C32H33FN2O4. The Labute approximate surface area is 228 Å². The van der Waals surface area contributed by atoms with Gasteiger partial charge in [-0.1, -0.05) is 54.6 Å². The van der Waals surface area contributed by atoms with Crippen molar-refractivity contribution in [2.45, 2.75) is 57.5 Å². The highest BCUT2D eigenvalue weighted by Crippen LogP contribution is 2.38. The third-order valence-corrected chi connectivity index (χ3v) is 7.43. The molecule has 0 bridgehead atoms. The van der Waals surface area contributed by atoms with Crippen LogP contribution < -0.4 is 10.1 Å². The van der Waals surface area contributed by atoms with Crippen LogP contribution in [-0.2, 0) is 27.5 Å². The van der Waals surface area contributed by atoms with Crippen LogP contribution in [0.1, 0.15) is 54.8 Å². The van der Waals surface area contributed by atoms with Gasteiger partial charge in [-0.05, 0) is 72.2 Å². The van der Waals surface area contributed by atoms with Gasteiger partial charge >= 0.3 is 5.97 Å². The molecule has 3 aromatic rings. The number of esters is 1. The standard InChI is InChI=1S/C32H33FN2O4/c1-38-30(36)19-29(24-13-17-26(18-14-24)39-21-23-7-3-2-4-8-23)34-31-27-9-5-6-10-28(27)32(37)35(31)20-22-11-15-25(33)16-12-22/h2-4,7-8,11-18,29,31,34H,5-6,9-10,19-21H2,1H3. The zero-order valence-corrected chi connectivity index (χ0v) is 22.1. The monoisotopic (exact) mass is 528 g/mol. The molecule has 1 aliphatic carbocycles. The van der Waals surface area contributed by atoms with E-state index in [0.29, 0.717) is 13.2 Å². The SMILES string of the molecule is COC(=O)CC(NC1C2=C(CCCC2)C(=O)N1Cc1ccc(F)cc1)c1ccc(OCc2ccccc2)cc1. The van der Waals surface area contributed by atoms with Gasteiger partial charge in [0.15, 0.2) is 0 Å². The van der Waals surface area contributed by atoms with Crippen molar-refractivity contribution in [3.63, 3.8) is 0 Å². The molecule has 7 heteroatoms. The fourth-order valence-electron chi connectivity index (χ4n) is 5.34. The Morgan fingerprint density at radius 2 is 1.69 bits per heavy atom. The van der Waals surface area contributed by atoms with Crippen molar-refractivity contribution in [3.05, 3.63) is 113 Å². The van der Waals surface area contributed by atoms with E-state index >= 15 is 0 Å². The summed E-state index contributed by atoms with van der Waals surface area (Å²) in [6.07, 6.45) is 3.33.